The summed E-state index contributed by atoms with van der Waals surface area (Å²) in [6.45, 7) is 6.37. The number of benzene rings is 1. The highest BCUT2D eigenvalue weighted by Gasteiger charge is 2.22. The van der Waals surface area contributed by atoms with E-state index in [1.165, 1.54) is 5.57 Å². The predicted octanol–water partition coefficient (Wildman–Crippen LogP) is 2.94. The van der Waals surface area contributed by atoms with E-state index in [9.17, 15) is 9.59 Å². The van der Waals surface area contributed by atoms with E-state index in [1.54, 1.807) is 24.3 Å². The Balaban J connectivity index is 0.00000338. The van der Waals surface area contributed by atoms with E-state index in [0.29, 0.717) is 29.5 Å². The summed E-state index contributed by atoms with van der Waals surface area (Å²) in [6.07, 6.45) is 3.63. The van der Waals surface area contributed by atoms with Crippen LogP contribution in [-0.4, -0.2) is 37.5 Å². The number of halogens is 2. The fraction of sp³-hybridized carbons (Fsp3) is 0.474. The first-order chi connectivity index (χ1) is 12.0. The van der Waals surface area contributed by atoms with Crippen molar-refractivity contribution in [1.82, 2.24) is 16.0 Å². The Labute approximate surface area is 166 Å². The van der Waals surface area contributed by atoms with Crippen LogP contribution in [0.2, 0.25) is 5.02 Å². The van der Waals surface area contributed by atoms with Gasteiger partial charge in [0.1, 0.15) is 6.04 Å². The molecular formula is C19H27Cl2N3O2. The van der Waals surface area contributed by atoms with Gasteiger partial charge in [-0.15, -0.1) is 12.4 Å². The molecule has 144 valence electrons. The highest BCUT2D eigenvalue weighted by atomic mass is 35.5. The van der Waals surface area contributed by atoms with E-state index < -0.39 is 6.04 Å². The van der Waals surface area contributed by atoms with Gasteiger partial charge in [-0.05, 0) is 49.6 Å². The van der Waals surface area contributed by atoms with Crippen LogP contribution in [0.5, 0.6) is 0 Å². The summed E-state index contributed by atoms with van der Waals surface area (Å²) in [4.78, 5) is 25.0. The highest BCUT2D eigenvalue weighted by molar-refractivity contribution is 6.30. The molecule has 0 aliphatic carbocycles. The first kappa shape index (κ1) is 22.5. The number of rotatable bonds is 7. The number of hydrogen-bond acceptors (Lipinski definition) is 3. The molecule has 5 nitrogen and oxygen atoms in total. The zero-order chi connectivity index (χ0) is 18.2. The number of carbonyl (C=O) groups is 2. The first-order valence-corrected chi connectivity index (χ1v) is 9.06. The summed E-state index contributed by atoms with van der Waals surface area (Å²) in [5.74, 6) is -0.117. The number of hydrogen-bond donors (Lipinski definition) is 3. The van der Waals surface area contributed by atoms with Crippen LogP contribution in [0.3, 0.4) is 0 Å². The van der Waals surface area contributed by atoms with Crippen LogP contribution in [0, 0.1) is 5.92 Å². The molecule has 0 spiro atoms. The third kappa shape index (κ3) is 7.36. The normalized spacial score (nSPS) is 14.8. The molecule has 1 aromatic rings. The van der Waals surface area contributed by atoms with E-state index in [2.05, 4.69) is 22.0 Å². The summed E-state index contributed by atoms with van der Waals surface area (Å²) >= 11 is 5.85. The summed E-state index contributed by atoms with van der Waals surface area (Å²) < 4.78 is 0. The van der Waals surface area contributed by atoms with Gasteiger partial charge in [-0.3, -0.25) is 9.59 Å². The monoisotopic (exact) mass is 399 g/mol. The van der Waals surface area contributed by atoms with Gasteiger partial charge >= 0.3 is 0 Å². The molecule has 1 aromatic carbocycles. The van der Waals surface area contributed by atoms with Crippen molar-refractivity contribution in [3.05, 3.63) is 46.5 Å². The summed E-state index contributed by atoms with van der Waals surface area (Å²) in [5.41, 5.74) is 1.71. The minimum Gasteiger partial charge on any atom is -0.351 e. The van der Waals surface area contributed by atoms with Crippen molar-refractivity contribution in [2.75, 3.05) is 19.6 Å². The third-order valence-corrected chi connectivity index (χ3v) is 4.33. The van der Waals surface area contributed by atoms with Gasteiger partial charge in [0.05, 0.1) is 0 Å². The number of amides is 2. The lowest BCUT2D eigenvalue weighted by Crippen LogP contribution is -2.48. The van der Waals surface area contributed by atoms with Crippen LogP contribution in [-0.2, 0) is 4.79 Å². The molecule has 0 bridgehead atoms. The Morgan fingerprint density at radius 1 is 1.23 bits per heavy atom. The Bertz CT molecular complexity index is 630. The van der Waals surface area contributed by atoms with Crippen LogP contribution < -0.4 is 16.0 Å². The second-order valence-corrected chi connectivity index (χ2v) is 7.13. The van der Waals surface area contributed by atoms with Crippen LogP contribution in [0.4, 0.5) is 0 Å². The van der Waals surface area contributed by atoms with E-state index in [-0.39, 0.29) is 24.2 Å². The summed E-state index contributed by atoms with van der Waals surface area (Å²) in [5, 5.41) is 9.62. The molecule has 0 fully saturated rings. The molecular weight excluding hydrogens is 373 g/mol. The second-order valence-electron chi connectivity index (χ2n) is 6.70. The van der Waals surface area contributed by atoms with Crippen molar-refractivity contribution in [1.29, 1.82) is 0 Å². The van der Waals surface area contributed by atoms with Crippen LogP contribution >= 0.6 is 24.0 Å². The van der Waals surface area contributed by atoms with E-state index in [1.807, 2.05) is 13.8 Å². The van der Waals surface area contributed by atoms with Gasteiger partial charge < -0.3 is 16.0 Å². The van der Waals surface area contributed by atoms with Gasteiger partial charge in [0, 0.05) is 23.7 Å². The molecule has 0 aromatic heterocycles. The van der Waals surface area contributed by atoms with Gasteiger partial charge in [0.25, 0.3) is 5.91 Å². The average molecular weight is 400 g/mol. The Morgan fingerprint density at radius 2 is 1.92 bits per heavy atom. The van der Waals surface area contributed by atoms with Crippen molar-refractivity contribution in [2.45, 2.75) is 32.7 Å². The lowest BCUT2D eigenvalue weighted by Gasteiger charge is -2.21. The summed E-state index contributed by atoms with van der Waals surface area (Å²) in [7, 11) is 0. The van der Waals surface area contributed by atoms with Crippen LogP contribution in [0.25, 0.3) is 0 Å². The maximum absolute atomic E-state index is 12.6. The zero-order valence-electron chi connectivity index (χ0n) is 15.2. The Hall–Kier alpha value is -1.56. The maximum Gasteiger partial charge on any atom is 0.251 e. The predicted molar refractivity (Wildman–Crippen MR) is 108 cm³/mol. The van der Waals surface area contributed by atoms with Gasteiger partial charge in [0.2, 0.25) is 5.91 Å². The minimum atomic E-state index is -0.550. The molecule has 3 N–H and O–H groups in total. The molecule has 1 aliphatic rings. The quantitative estimate of drug-likeness (QED) is 0.617. The van der Waals surface area contributed by atoms with Crippen molar-refractivity contribution in [3.8, 4) is 0 Å². The van der Waals surface area contributed by atoms with Crippen LogP contribution in [0.15, 0.2) is 35.9 Å². The number of nitrogens with one attached hydrogen (secondary N) is 3. The molecule has 7 heteroatoms. The zero-order valence-corrected chi connectivity index (χ0v) is 16.8. The molecule has 0 saturated heterocycles. The SMILES string of the molecule is CC(C)CC(NC(=O)c1ccc(Cl)cc1)C(=O)NCC1=CCNCC1.Cl. The molecule has 0 radical (unpaired) electrons. The lowest BCUT2D eigenvalue weighted by atomic mass is 10.0. The van der Waals surface area contributed by atoms with Gasteiger partial charge in [0.15, 0.2) is 0 Å². The van der Waals surface area contributed by atoms with Crippen molar-refractivity contribution in [2.24, 2.45) is 5.92 Å². The molecule has 2 amide bonds. The summed E-state index contributed by atoms with van der Waals surface area (Å²) in [6, 6.07) is 6.09. The van der Waals surface area contributed by atoms with Gasteiger partial charge in [-0.1, -0.05) is 37.1 Å². The van der Waals surface area contributed by atoms with Crippen molar-refractivity contribution < 1.29 is 9.59 Å². The van der Waals surface area contributed by atoms with E-state index >= 15 is 0 Å². The third-order valence-electron chi connectivity index (χ3n) is 4.08. The average Bonchev–Trinajstić information content (AvgIpc) is 2.60. The Morgan fingerprint density at radius 3 is 2.50 bits per heavy atom. The molecule has 1 aliphatic heterocycles. The smallest absolute Gasteiger partial charge is 0.251 e. The second kappa shape index (κ2) is 11.2. The standard InChI is InChI=1S/C19H26ClN3O2.ClH/c1-13(2)11-17(19(25)22-12-14-7-9-21-10-8-14)23-18(24)15-3-5-16(20)6-4-15;/h3-7,13,17,21H,8-12H2,1-2H3,(H,22,25)(H,23,24);1H. The molecule has 1 heterocycles. The molecule has 1 atom stereocenters. The fourth-order valence-corrected chi connectivity index (χ4v) is 2.83. The van der Waals surface area contributed by atoms with Gasteiger partial charge in [-0.2, -0.15) is 0 Å². The molecule has 0 saturated carbocycles. The Kier molecular flexibility index (Phi) is 9.70. The molecule has 1 unspecified atom stereocenters. The lowest BCUT2D eigenvalue weighted by molar-refractivity contribution is -0.123. The molecule has 2 rings (SSSR count). The van der Waals surface area contributed by atoms with Crippen molar-refractivity contribution in [3.63, 3.8) is 0 Å². The molecule has 26 heavy (non-hydrogen) atoms. The van der Waals surface area contributed by atoms with E-state index in [4.69, 9.17) is 11.6 Å². The highest BCUT2D eigenvalue weighted by Crippen LogP contribution is 2.11. The minimum absolute atomic E-state index is 0. The topological polar surface area (TPSA) is 70.2 Å². The number of carbonyl (C=O) groups excluding carboxylic acids is 2. The fourth-order valence-electron chi connectivity index (χ4n) is 2.70. The van der Waals surface area contributed by atoms with Crippen molar-refractivity contribution >= 4 is 35.8 Å². The van der Waals surface area contributed by atoms with Crippen LogP contribution in [0.1, 0.15) is 37.0 Å². The first-order valence-electron chi connectivity index (χ1n) is 8.68. The maximum atomic E-state index is 12.6. The largest absolute Gasteiger partial charge is 0.351 e. The van der Waals surface area contributed by atoms with Gasteiger partial charge in [-0.25, -0.2) is 0 Å². The van der Waals surface area contributed by atoms with E-state index in [0.717, 1.165) is 19.5 Å².